The van der Waals surface area contributed by atoms with Crippen LogP contribution >= 0.6 is 11.8 Å². The Labute approximate surface area is 136 Å². The Morgan fingerprint density at radius 3 is 2.26 bits per heavy atom. The van der Waals surface area contributed by atoms with E-state index in [1.165, 1.54) is 24.3 Å². The Balaban J connectivity index is 1.81. The number of ether oxygens (including phenoxy) is 2. The van der Waals surface area contributed by atoms with Crippen molar-refractivity contribution in [2.75, 3.05) is 18.2 Å². The van der Waals surface area contributed by atoms with Gasteiger partial charge in [0.25, 0.3) is 5.91 Å². The molecule has 0 unspecified atom stereocenters. The lowest BCUT2D eigenvalue weighted by Crippen LogP contribution is -2.20. The Hall–Kier alpha value is -2.28. The lowest BCUT2D eigenvalue weighted by Gasteiger charge is -2.09. The molecule has 122 valence electrons. The van der Waals surface area contributed by atoms with E-state index in [1.807, 2.05) is 18.4 Å². The molecule has 23 heavy (non-hydrogen) atoms. The third kappa shape index (κ3) is 5.78. The third-order valence-electron chi connectivity index (χ3n) is 2.79. The van der Waals surface area contributed by atoms with Crippen LogP contribution in [0.5, 0.6) is 11.5 Å². The first kappa shape index (κ1) is 17.1. The zero-order valence-corrected chi connectivity index (χ0v) is 13.1. The van der Waals surface area contributed by atoms with Gasteiger partial charge < -0.3 is 14.8 Å². The minimum absolute atomic E-state index is 0.0307. The van der Waals surface area contributed by atoms with Crippen LogP contribution in [0.25, 0.3) is 0 Å². The Morgan fingerprint density at radius 2 is 1.70 bits per heavy atom. The van der Waals surface area contributed by atoms with Crippen LogP contribution in [-0.2, 0) is 4.79 Å². The number of alkyl halides is 2. The second-order valence-corrected chi connectivity index (χ2v) is 5.29. The van der Waals surface area contributed by atoms with Gasteiger partial charge in [-0.2, -0.15) is 8.78 Å². The molecule has 0 aromatic heterocycles. The number of halogens is 2. The minimum atomic E-state index is -2.87. The van der Waals surface area contributed by atoms with E-state index in [9.17, 15) is 13.6 Å². The average Bonchev–Trinajstić information content (AvgIpc) is 2.55. The molecule has 0 bridgehead atoms. The second-order valence-electron chi connectivity index (χ2n) is 4.42. The summed E-state index contributed by atoms with van der Waals surface area (Å²) >= 11 is 1.62. The fourth-order valence-corrected chi connectivity index (χ4v) is 2.15. The van der Waals surface area contributed by atoms with E-state index in [-0.39, 0.29) is 18.3 Å². The van der Waals surface area contributed by atoms with Crippen LogP contribution in [0, 0.1) is 0 Å². The number of nitrogens with one attached hydrogen (secondary N) is 1. The molecule has 0 fully saturated rings. The van der Waals surface area contributed by atoms with Gasteiger partial charge in [0.05, 0.1) is 0 Å². The van der Waals surface area contributed by atoms with E-state index in [1.54, 1.807) is 23.9 Å². The van der Waals surface area contributed by atoms with Crippen molar-refractivity contribution in [3.63, 3.8) is 0 Å². The first-order valence-electron chi connectivity index (χ1n) is 6.68. The highest BCUT2D eigenvalue weighted by Gasteiger charge is 2.06. The van der Waals surface area contributed by atoms with Crippen LogP contribution in [0.15, 0.2) is 53.4 Å². The first-order valence-corrected chi connectivity index (χ1v) is 7.91. The molecule has 0 saturated carbocycles. The molecule has 0 aliphatic heterocycles. The monoisotopic (exact) mass is 339 g/mol. The first-order chi connectivity index (χ1) is 11.1. The van der Waals surface area contributed by atoms with Crippen molar-refractivity contribution < 1.29 is 23.0 Å². The molecule has 0 atom stereocenters. The summed E-state index contributed by atoms with van der Waals surface area (Å²) in [6, 6.07) is 13.0. The lowest BCUT2D eigenvalue weighted by molar-refractivity contribution is -0.118. The summed E-state index contributed by atoms with van der Waals surface area (Å²) < 4.78 is 33.7. The van der Waals surface area contributed by atoms with Crippen LogP contribution in [0.4, 0.5) is 14.5 Å². The summed E-state index contributed by atoms with van der Waals surface area (Å²) in [7, 11) is 0. The van der Waals surface area contributed by atoms with Crippen LogP contribution in [-0.4, -0.2) is 25.4 Å². The van der Waals surface area contributed by atoms with Gasteiger partial charge >= 0.3 is 6.61 Å². The van der Waals surface area contributed by atoms with Crippen molar-refractivity contribution in [3.8, 4) is 11.5 Å². The normalized spacial score (nSPS) is 10.4. The molecule has 0 spiro atoms. The number of hydrogen-bond donors (Lipinski definition) is 1. The van der Waals surface area contributed by atoms with E-state index >= 15 is 0 Å². The summed E-state index contributed by atoms with van der Waals surface area (Å²) in [5, 5.41) is 2.60. The maximum atomic E-state index is 12.0. The molecule has 7 heteroatoms. The fourth-order valence-electron chi connectivity index (χ4n) is 1.74. The summed E-state index contributed by atoms with van der Waals surface area (Å²) in [6.07, 6.45) is 1.97. The Morgan fingerprint density at radius 1 is 1.09 bits per heavy atom. The summed E-state index contributed by atoms with van der Waals surface area (Å²) in [5.41, 5.74) is 0.470. The number of thioether (sulfide) groups is 1. The maximum absolute atomic E-state index is 12.0. The summed E-state index contributed by atoms with van der Waals surface area (Å²) in [4.78, 5) is 12.9. The van der Waals surface area contributed by atoms with Crippen LogP contribution < -0.4 is 14.8 Å². The number of rotatable bonds is 7. The van der Waals surface area contributed by atoms with Crippen molar-refractivity contribution >= 4 is 23.4 Å². The highest BCUT2D eigenvalue weighted by Crippen LogP contribution is 2.19. The standard InChI is InChI=1S/C16H15F2NO3S/c1-23-14-8-6-12(7-9-14)21-10-15(20)19-11-2-4-13(5-3-11)22-16(17)18/h2-9,16H,10H2,1H3,(H,19,20). The van der Waals surface area contributed by atoms with E-state index in [0.29, 0.717) is 11.4 Å². The molecular formula is C16H15F2NO3S. The van der Waals surface area contributed by atoms with Gasteiger partial charge in [-0.25, -0.2) is 0 Å². The van der Waals surface area contributed by atoms with Gasteiger partial charge in [0, 0.05) is 10.6 Å². The van der Waals surface area contributed by atoms with Gasteiger partial charge in [0.2, 0.25) is 0 Å². The Bertz CT molecular complexity index is 633. The smallest absolute Gasteiger partial charge is 0.387 e. The number of benzene rings is 2. The molecule has 0 radical (unpaired) electrons. The largest absolute Gasteiger partial charge is 0.484 e. The second kappa shape index (κ2) is 8.38. The number of anilines is 1. The SMILES string of the molecule is CSc1ccc(OCC(=O)Nc2ccc(OC(F)F)cc2)cc1. The maximum Gasteiger partial charge on any atom is 0.387 e. The van der Waals surface area contributed by atoms with E-state index in [2.05, 4.69) is 10.1 Å². The van der Waals surface area contributed by atoms with Gasteiger partial charge in [-0.1, -0.05) is 0 Å². The van der Waals surface area contributed by atoms with Gasteiger partial charge in [0.1, 0.15) is 11.5 Å². The average molecular weight is 339 g/mol. The molecule has 1 amide bonds. The van der Waals surface area contributed by atoms with Crippen molar-refractivity contribution in [1.82, 2.24) is 0 Å². The van der Waals surface area contributed by atoms with Crippen LogP contribution in [0.3, 0.4) is 0 Å². The molecule has 0 saturated heterocycles. The van der Waals surface area contributed by atoms with Crippen LogP contribution in [0.1, 0.15) is 0 Å². The van der Waals surface area contributed by atoms with Gasteiger partial charge in [-0.15, -0.1) is 11.8 Å². The van der Waals surface area contributed by atoms with E-state index in [0.717, 1.165) is 4.90 Å². The Kier molecular flexibility index (Phi) is 6.22. The number of amides is 1. The molecule has 4 nitrogen and oxygen atoms in total. The van der Waals surface area contributed by atoms with Crippen molar-refractivity contribution in [3.05, 3.63) is 48.5 Å². The van der Waals surface area contributed by atoms with Gasteiger partial charge in [0.15, 0.2) is 6.61 Å². The lowest BCUT2D eigenvalue weighted by atomic mass is 10.3. The van der Waals surface area contributed by atoms with Gasteiger partial charge in [-0.3, -0.25) is 4.79 Å². The summed E-state index contributed by atoms with van der Waals surface area (Å²) in [5.74, 6) is 0.281. The molecule has 2 aromatic carbocycles. The summed E-state index contributed by atoms with van der Waals surface area (Å²) in [6.45, 7) is -3.02. The molecule has 1 N–H and O–H groups in total. The molecule has 0 heterocycles. The fraction of sp³-hybridized carbons (Fsp3) is 0.188. The van der Waals surface area contributed by atoms with Crippen molar-refractivity contribution in [2.24, 2.45) is 0 Å². The van der Waals surface area contributed by atoms with E-state index < -0.39 is 6.61 Å². The molecule has 0 aliphatic carbocycles. The third-order valence-corrected chi connectivity index (χ3v) is 3.54. The molecule has 2 aromatic rings. The minimum Gasteiger partial charge on any atom is -0.484 e. The predicted octanol–water partition coefficient (Wildman–Crippen LogP) is 4.03. The number of carbonyl (C=O) groups excluding carboxylic acids is 1. The number of carbonyl (C=O) groups is 1. The van der Waals surface area contributed by atoms with Crippen molar-refractivity contribution in [2.45, 2.75) is 11.5 Å². The van der Waals surface area contributed by atoms with Gasteiger partial charge in [-0.05, 0) is 54.8 Å². The predicted molar refractivity (Wildman–Crippen MR) is 85.4 cm³/mol. The quantitative estimate of drug-likeness (QED) is 0.774. The zero-order chi connectivity index (χ0) is 16.7. The highest BCUT2D eigenvalue weighted by molar-refractivity contribution is 7.98. The van der Waals surface area contributed by atoms with Crippen molar-refractivity contribution in [1.29, 1.82) is 0 Å². The number of hydrogen-bond acceptors (Lipinski definition) is 4. The molecular weight excluding hydrogens is 324 g/mol. The zero-order valence-electron chi connectivity index (χ0n) is 12.3. The van der Waals surface area contributed by atoms with E-state index in [4.69, 9.17) is 4.74 Å². The van der Waals surface area contributed by atoms with Crippen LogP contribution in [0.2, 0.25) is 0 Å². The topological polar surface area (TPSA) is 47.6 Å². The molecule has 0 aliphatic rings. The highest BCUT2D eigenvalue weighted by atomic mass is 32.2. The molecule has 2 rings (SSSR count).